The molecule has 0 amide bonds. The SMILES string of the molecule is COc1ccc(C)cc1CC(C)(O)c1ccc(F)cn1. The van der Waals surface area contributed by atoms with Crippen LogP contribution < -0.4 is 4.74 Å². The first kappa shape index (κ1) is 14.5. The van der Waals surface area contributed by atoms with E-state index in [1.807, 2.05) is 25.1 Å². The lowest BCUT2D eigenvalue weighted by Crippen LogP contribution is -2.26. The van der Waals surface area contributed by atoms with Gasteiger partial charge in [0.2, 0.25) is 0 Å². The van der Waals surface area contributed by atoms with Gasteiger partial charge in [-0.1, -0.05) is 17.7 Å². The monoisotopic (exact) mass is 275 g/mol. The number of aromatic nitrogens is 1. The van der Waals surface area contributed by atoms with Gasteiger partial charge >= 0.3 is 0 Å². The zero-order valence-electron chi connectivity index (χ0n) is 11.9. The van der Waals surface area contributed by atoms with E-state index < -0.39 is 11.4 Å². The van der Waals surface area contributed by atoms with E-state index in [4.69, 9.17) is 4.74 Å². The van der Waals surface area contributed by atoms with E-state index in [1.54, 1.807) is 14.0 Å². The van der Waals surface area contributed by atoms with Gasteiger partial charge in [-0.15, -0.1) is 0 Å². The average molecular weight is 275 g/mol. The first-order chi connectivity index (χ1) is 9.42. The highest BCUT2D eigenvalue weighted by molar-refractivity contribution is 5.38. The Morgan fingerprint density at radius 1 is 1.30 bits per heavy atom. The Morgan fingerprint density at radius 2 is 2.05 bits per heavy atom. The minimum absolute atomic E-state index is 0.344. The number of ether oxygens (including phenoxy) is 1. The van der Waals surface area contributed by atoms with Gasteiger partial charge in [0.1, 0.15) is 17.2 Å². The highest BCUT2D eigenvalue weighted by atomic mass is 19.1. The molecule has 0 saturated carbocycles. The van der Waals surface area contributed by atoms with Crippen molar-refractivity contribution in [3.8, 4) is 5.75 Å². The topological polar surface area (TPSA) is 42.4 Å². The standard InChI is InChI=1S/C16H18FNO2/c1-11-4-6-14(20-3)12(8-11)9-16(2,19)15-7-5-13(17)10-18-15/h4-8,10,19H,9H2,1-3H3. The summed E-state index contributed by atoms with van der Waals surface area (Å²) < 4.78 is 18.2. The van der Waals surface area contributed by atoms with Crippen molar-refractivity contribution in [2.24, 2.45) is 0 Å². The van der Waals surface area contributed by atoms with Crippen LogP contribution >= 0.6 is 0 Å². The molecule has 3 nitrogen and oxygen atoms in total. The number of aliphatic hydroxyl groups is 1. The lowest BCUT2D eigenvalue weighted by Gasteiger charge is -2.24. The summed E-state index contributed by atoms with van der Waals surface area (Å²) in [5.41, 5.74) is 1.23. The summed E-state index contributed by atoms with van der Waals surface area (Å²) in [6, 6.07) is 8.59. The first-order valence-corrected chi connectivity index (χ1v) is 6.40. The van der Waals surface area contributed by atoms with Crippen LogP contribution in [0, 0.1) is 12.7 Å². The van der Waals surface area contributed by atoms with Gasteiger partial charge in [-0.3, -0.25) is 4.98 Å². The summed E-state index contributed by atoms with van der Waals surface area (Å²) in [5.74, 6) is 0.302. The van der Waals surface area contributed by atoms with E-state index in [0.717, 1.165) is 23.1 Å². The van der Waals surface area contributed by atoms with Gasteiger partial charge in [-0.05, 0) is 37.6 Å². The second-order valence-corrected chi connectivity index (χ2v) is 5.13. The molecule has 2 aromatic rings. The predicted octanol–water partition coefficient (Wildman–Crippen LogP) is 2.99. The molecule has 1 aromatic carbocycles. The minimum Gasteiger partial charge on any atom is -0.496 e. The van der Waals surface area contributed by atoms with Crippen molar-refractivity contribution in [3.05, 3.63) is 59.2 Å². The van der Waals surface area contributed by atoms with Gasteiger partial charge < -0.3 is 9.84 Å². The van der Waals surface area contributed by atoms with E-state index >= 15 is 0 Å². The molecule has 1 aromatic heterocycles. The second kappa shape index (κ2) is 5.59. The first-order valence-electron chi connectivity index (χ1n) is 6.40. The predicted molar refractivity (Wildman–Crippen MR) is 75.2 cm³/mol. The van der Waals surface area contributed by atoms with Crippen molar-refractivity contribution in [3.63, 3.8) is 0 Å². The molecule has 0 aliphatic carbocycles. The molecule has 20 heavy (non-hydrogen) atoms. The largest absolute Gasteiger partial charge is 0.496 e. The molecular weight excluding hydrogens is 257 g/mol. The van der Waals surface area contributed by atoms with E-state index in [2.05, 4.69) is 4.98 Å². The molecule has 1 unspecified atom stereocenters. The Bertz CT molecular complexity index is 594. The molecule has 0 aliphatic rings. The van der Waals surface area contributed by atoms with Gasteiger partial charge in [0, 0.05) is 6.42 Å². The van der Waals surface area contributed by atoms with E-state index in [0.29, 0.717) is 12.1 Å². The van der Waals surface area contributed by atoms with Crippen LogP contribution in [0.2, 0.25) is 0 Å². The maximum absolute atomic E-state index is 12.9. The van der Waals surface area contributed by atoms with Crippen LogP contribution in [0.25, 0.3) is 0 Å². The lowest BCUT2D eigenvalue weighted by atomic mass is 9.91. The van der Waals surface area contributed by atoms with Crippen molar-refractivity contribution in [1.29, 1.82) is 0 Å². The third-order valence-corrected chi connectivity index (χ3v) is 3.25. The molecule has 0 bridgehead atoms. The summed E-state index contributed by atoms with van der Waals surface area (Å²) in [5, 5.41) is 10.6. The van der Waals surface area contributed by atoms with Crippen LogP contribution in [0.4, 0.5) is 4.39 Å². The molecule has 1 heterocycles. The average Bonchev–Trinajstić information content (AvgIpc) is 2.39. The number of pyridine rings is 1. The van der Waals surface area contributed by atoms with Crippen LogP contribution in [-0.4, -0.2) is 17.2 Å². The number of nitrogens with zero attached hydrogens (tertiary/aromatic N) is 1. The van der Waals surface area contributed by atoms with Gasteiger partial charge in [0.05, 0.1) is 19.0 Å². The van der Waals surface area contributed by atoms with Crippen LogP contribution in [0.1, 0.15) is 23.7 Å². The quantitative estimate of drug-likeness (QED) is 0.932. The molecule has 106 valence electrons. The maximum atomic E-state index is 12.9. The summed E-state index contributed by atoms with van der Waals surface area (Å²) in [7, 11) is 1.60. The summed E-state index contributed by atoms with van der Waals surface area (Å²) in [4.78, 5) is 3.96. The number of hydrogen-bond donors (Lipinski definition) is 1. The van der Waals surface area contributed by atoms with Crippen molar-refractivity contribution in [2.45, 2.75) is 25.9 Å². The lowest BCUT2D eigenvalue weighted by molar-refractivity contribution is 0.0522. The van der Waals surface area contributed by atoms with Crippen LogP contribution in [-0.2, 0) is 12.0 Å². The van der Waals surface area contributed by atoms with Crippen molar-refractivity contribution in [1.82, 2.24) is 4.98 Å². The van der Waals surface area contributed by atoms with Gasteiger partial charge in [-0.25, -0.2) is 4.39 Å². The molecule has 0 radical (unpaired) electrons. The van der Waals surface area contributed by atoms with Gasteiger partial charge in [0.15, 0.2) is 0 Å². The summed E-state index contributed by atoms with van der Waals surface area (Å²) >= 11 is 0. The number of benzene rings is 1. The fourth-order valence-electron chi connectivity index (χ4n) is 2.20. The Labute approximate surface area is 118 Å². The Balaban J connectivity index is 2.32. The van der Waals surface area contributed by atoms with Crippen molar-refractivity contribution >= 4 is 0 Å². The molecule has 1 atom stereocenters. The molecule has 4 heteroatoms. The van der Waals surface area contributed by atoms with Gasteiger partial charge in [0.25, 0.3) is 0 Å². The van der Waals surface area contributed by atoms with E-state index in [9.17, 15) is 9.50 Å². The number of methoxy groups -OCH3 is 1. The fraction of sp³-hybridized carbons (Fsp3) is 0.312. The summed E-state index contributed by atoms with van der Waals surface area (Å²) in [6.45, 7) is 3.64. The molecule has 0 aliphatic heterocycles. The molecular formula is C16H18FNO2. The van der Waals surface area contributed by atoms with Crippen LogP contribution in [0.3, 0.4) is 0 Å². The molecule has 0 fully saturated rings. The van der Waals surface area contributed by atoms with Crippen LogP contribution in [0.15, 0.2) is 36.5 Å². The van der Waals surface area contributed by atoms with Gasteiger partial charge in [-0.2, -0.15) is 0 Å². The molecule has 2 rings (SSSR count). The van der Waals surface area contributed by atoms with E-state index in [-0.39, 0.29) is 0 Å². The fourth-order valence-corrected chi connectivity index (χ4v) is 2.20. The van der Waals surface area contributed by atoms with Crippen molar-refractivity contribution in [2.75, 3.05) is 7.11 Å². The summed E-state index contributed by atoms with van der Waals surface area (Å²) in [6.07, 6.45) is 1.45. The highest BCUT2D eigenvalue weighted by Crippen LogP contribution is 2.29. The number of hydrogen-bond acceptors (Lipinski definition) is 3. The molecule has 0 saturated heterocycles. The van der Waals surface area contributed by atoms with E-state index in [1.165, 1.54) is 12.1 Å². The maximum Gasteiger partial charge on any atom is 0.141 e. The number of aryl methyl sites for hydroxylation is 1. The normalized spacial score (nSPS) is 13.8. The third-order valence-electron chi connectivity index (χ3n) is 3.25. The minimum atomic E-state index is -1.19. The Morgan fingerprint density at radius 3 is 2.65 bits per heavy atom. The molecule has 0 spiro atoms. The second-order valence-electron chi connectivity index (χ2n) is 5.13. The van der Waals surface area contributed by atoms with Crippen LogP contribution in [0.5, 0.6) is 5.75 Å². The smallest absolute Gasteiger partial charge is 0.141 e. The molecule has 1 N–H and O–H groups in total. The van der Waals surface area contributed by atoms with Crippen molar-refractivity contribution < 1.29 is 14.2 Å². The highest BCUT2D eigenvalue weighted by Gasteiger charge is 2.26. The number of halogens is 1. The zero-order chi connectivity index (χ0) is 14.8. The third kappa shape index (κ3) is 3.14. The zero-order valence-corrected chi connectivity index (χ0v) is 11.9. The Hall–Kier alpha value is -1.94. The number of rotatable bonds is 4. The Kier molecular flexibility index (Phi) is 4.04.